The highest BCUT2D eigenvalue weighted by Crippen LogP contribution is 2.23. The molecule has 1 aromatic carbocycles. The summed E-state index contributed by atoms with van der Waals surface area (Å²) < 4.78 is 17.2. The quantitative estimate of drug-likeness (QED) is 0.698. The van der Waals surface area contributed by atoms with Gasteiger partial charge in [0.05, 0.1) is 19.3 Å². The second-order valence-corrected chi connectivity index (χ2v) is 5.58. The molecule has 91 valence electrons. The highest BCUT2D eigenvalue weighted by Gasteiger charge is 2.32. The van der Waals surface area contributed by atoms with Gasteiger partial charge in [-0.1, -0.05) is 30.3 Å². The molecule has 0 spiro atoms. The third-order valence-corrected chi connectivity index (χ3v) is 4.45. The van der Waals surface area contributed by atoms with Crippen LogP contribution in [0.2, 0.25) is 0 Å². The van der Waals surface area contributed by atoms with Crippen LogP contribution in [0.25, 0.3) is 0 Å². The Morgan fingerprint density at radius 2 is 1.76 bits per heavy atom. The fraction of sp³-hybridized carbons (Fsp3) is 0.500. The second kappa shape index (κ2) is 5.28. The van der Waals surface area contributed by atoms with Crippen molar-refractivity contribution >= 4 is 9.53 Å². The highest BCUT2D eigenvalue weighted by molar-refractivity contribution is 6.36. The fourth-order valence-electron chi connectivity index (χ4n) is 2.15. The largest absolute Gasteiger partial charge is 0.578 e. The molecular weight excluding hydrogens is 234 g/mol. The third-order valence-electron chi connectivity index (χ3n) is 3.09. The molecule has 0 aliphatic carbocycles. The fourth-order valence-corrected chi connectivity index (χ4v) is 3.33. The van der Waals surface area contributed by atoms with Crippen molar-refractivity contribution in [3.05, 3.63) is 35.9 Å². The summed E-state index contributed by atoms with van der Waals surface area (Å²) in [6.07, 6.45) is 0.0747. The number of nitrogens with zero attached hydrogens (tertiary/aromatic N) is 1. The van der Waals surface area contributed by atoms with Crippen molar-refractivity contribution in [2.75, 3.05) is 32.8 Å². The summed E-state index contributed by atoms with van der Waals surface area (Å²) >= 11 is 0. The number of hydrogen-bond acceptors (Lipinski definition) is 4. The lowest BCUT2D eigenvalue weighted by Crippen LogP contribution is -2.46. The van der Waals surface area contributed by atoms with Gasteiger partial charge in [0.25, 0.3) is 0 Å². The molecule has 3 aliphatic heterocycles. The van der Waals surface area contributed by atoms with Gasteiger partial charge in [0.1, 0.15) is 0 Å². The van der Waals surface area contributed by atoms with Gasteiger partial charge in [-0.15, -0.1) is 0 Å². The molecule has 17 heavy (non-hydrogen) atoms. The molecule has 1 radical (unpaired) electrons. The van der Waals surface area contributed by atoms with E-state index in [1.807, 2.05) is 18.2 Å². The average Bonchev–Trinajstić information content (AvgIpc) is 2.27. The lowest BCUT2D eigenvalue weighted by atomic mass is 10.1. The zero-order chi connectivity index (χ0) is 11.5. The molecule has 1 atom stereocenters. The lowest BCUT2D eigenvalue weighted by molar-refractivity contribution is -0.0200. The Hall–Kier alpha value is -0.723. The summed E-state index contributed by atoms with van der Waals surface area (Å²) in [4.78, 5) is 2.34. The first kappa shape index (κ1) is 11.4. The van der Waals surface area contributed by atoms with Gasteiger partial charge in [-0.3, -0.25) is 4.90 Å². The minimum atomic E-state index is -1.54. The molecule has 1 aromatic rings. The van der Waals surface area contributed by atoms with Gasteiger partial charge < -0.3 is 13.3 Å². The maximum absolute atomic E-state index is 5.96. The van der Waals surface area contributed by atoms with Crippen LogP contribution in [-0.4, -0.2) is 47.3 Å². The van der Waals surface area contributed by atoms with Gasteiger partial charge in [0.15, 0.2) is 0 Å². The number of fused-ring (bicyclic) bond motifs is 6. The molecule has 5 heteroatoms. The predicted octanol–water partition coefficient (Wildman–Crippen LogP) is 1.09. The van der Waals surface area contributed by atoms with Crippen molar-refractivity contribution in [1.82, 2.24) is 4.90 Å². The minimum Gasteiger partial charge on any atom is -0.370 e. The van der Waals surface area contributed by atoms with Crippen molar-refractivity contribution in [3.8, 4) is 0 Å². The minimum absolute atomic E-state index is 0.0747. The van der Waals surface area contributed by atoms with Gasteiger partial charge >= 0.3 is 9.53 Å². The summed E-state index contributed by atoms with van der Waals surface area (Å²) in [7, 11) is -1.54. The Bertz CT molecular complexity index is 338. The molecule has 3 fully saturated rings. The van der Waals surface area contributed by atoms with Crippen LogP contribution in [0.5, 0.6) is 0 Å². The molecule has 3 aliphatic rings. The maximum Gasteiger partial charge on any atom is 0.578 e. The van der Waals surface area contributed by atoms with Gasteiger partial charge in [-0.25, -0.2) is 0 Å². The van der Waals surface area contributed by atoms with Gasteiger partial charge in [0, 0.05) is 19.6 Å². The first-order valence-corrected chi connectivity index (χ1v) is 7.21. The highest BCUT2D eigenvalue weighted by atomic mass is 28.3. The Balaban J connectivity index is 1.80. The third kappa shape index (κ3) is 2.75. The van der Waals surface area contributed by atoms with E-state index >= 15 is 0 Å². The molecule has 2 bridgehead atoms. The molecule has 0 aromatic heterocycles. The van der Waals surface area contributed by atoms with Gasteiger partial charge in [0.2, 0.25) is 0 Å². The van der Waals surface area contributed by atoms with Crippen molar-refractivity contribution in [2.24, 2.45) is 0 Å². The normalized spacial score (nSPS) is 30.6. The number of hydrogen-bond donors (Lipinski definition) is 0. The first-order valence-electron chi connectivity index (χ1n) is 5.98. The molecule has 3 heterocycles. The Morgan fingerprint density at radius 3 is 2.47 bits per heavy atom. The van der Waals surface area contributed by atoms with E-state index in [0.29, 0.717) is 0 Å². The van der Waals surface area contributed by atoms with E-state index in [1.165, 1.54) is 5.56 Å². The summed E-state index contributed by atoms with van der Waals surface area (Å²) in [5.74, 6) is 0. The monoisotopic (exact) mass is 250 g/mol. The summed E-state index contributed by atoms with van der Waals surface area (Å²) in [6.45, 7) is 4.32. The first-order chi connectivity index (χ1) is 8.42. The number of benzene rings is 1. The van der Waals surface area contributed by atoms with E-state index in [4.69, 9.17) is 13.3 Å². The standard InChI is InChI=1S/C12H16NO3Si/c1-2-4-11(5-3-1)12-10-13-6-8-14-17(16-12)15-9-7-13/h1-5,12H,6-10H2/t12-/m1/s1. The summed E-state index contributed by atoms with van der Waals surface area (Å²) in [6, 6.07) is 10.3. The molecule has 4 nitrogen and oxygen atoms in total. The van der Waals surface area contributed by atoms with Crippen molar-refractivity contribution < 1.29 is 13.3 Å². The Morgan fingerprint density at radius 1 is 1.06 bits per heavy atom. The summed E-state index contributed by atoms with van der Waals surface area (Å²) in [5, 5.41) is 0. The van der Waals surface area contributed by atoms with E-state index in [-0.39, 0.29) is 6.10 Å². The molecule has 0 saturated carbocycles. The van der Waals surface area contributed by atoms with E-state index in [2.05, 4.69) is 17.0 Å². The Kier molecular flexibility index (Phi) is 3.53. The molecular formula is C12H16NO3Si. The molecule has 0 N–H and O–H groups in total. The smallest absolute Gasteiger partial charge is 0.370 e. The van der Waals surface area contributed by atoms with Crippen LogP contribution in [0.1, 0.15) is 11.7 Å². The van der Waals surface area contributed by atoms with Crippen molar-refractivity contribution in [3.63, 3.8) is 0 Å². The zero-order valence-electron chi connectivity index (χ0n) is 9.67. The van der Waals surface area contributed by atoms with Crippen LogP contribution in [-0.2, 0) is 13.3 Å². The van der Waals surface area contributed by atoms with Crippen LogP contribution in [0.3, 0.4) is 0 Å². The SMILES string of the molecule is c1ccc([C@H]2CN3CCO[Si](OCC3)O2)cc1. The van der Waals surface area contributed by atoms with Gasteiger partial charge in [-0.2, -0.15) is 0 Å². The van der Waals surface area contributed by atoms with Crippen molar-refractivity contribution in [1.29, 1.82) is 0 Å². The van der Waals surface area contributed by atoms with Crippen LogP contribution in [0, 0.1) is 0 Å². The average molecular weight is 250 g/mol. The van der Waals surface area contributed by atoms with E-state index < -0.39 is 9.53 Å². The zero-order valence-corrected chi connectivity index (χ0v) is 10.7. The Labute approximate surface area is 103 Å². The molecule has 0 amide bonds. The van der Waals surface area contributed by atoms with Gasteiger partial charge in [-0.05, 0) is 5.56 Å². The van der Waals surface area contributed by atoms with Crippen LogP contribution in [0.4, 0.5) is 0 Å². The van der Waals surface area contributed by atoms with E-state index in [0.717, 1.165) is 32.8 Å². The van der Waals surface area contributed by atoms with Crippen LogP contribution in [0.15, 0.2) is 30.3 Å². The molecule has 3 saturated heterocycles. The predicted molar refractivity (Wildman–Crippen MR) is 64.4 cm³/mol. The number of rotatable bonds is 1. The van der Waals surface area contributed by atoms with Crippen molar-refractivity contribution in [2.45, 2.75) is 6.10 Å². The van der Waals surface area contributed by atoms with Crippen LogP contribution < -0.4 is 0 Å². The topological polar surface area (TPSA) is 30.9 Å². The molecule has 4 rings (SSSR count). The maximum atomic E-state index is 5.96. The molecule has 0 unspecified atom stereocenters. The van der Waals surface area contributed by atoms with E-state index in [1.54, 1.807) is 0 Å². The second-order valence-electron chi connectivity index (χ2n) is 4.26. The van der Waals surface area contributed by atoms with Crippen LogP contribution >= 0.6 is 0 Å². The lowest BCUT2D eigenvalue weighted by Gasteiger charge is -2.35. The van der Waals surface area contributed by atoms with E-state index in [9.17, 15) is 0 Å². The summed E-state index contributed by atoms with van der Waals surface area (Å²) in [5.41, 5.74) is 1.20.